The summed E-state index contributed by atoms with van der Waals surface area (Å²) in [6.07, 6.45) is 1.87. The van der Waals surface area contributed by atoms with Crippen LogP contribution in [0, 0.1) is 5.92 Å². The minimum atomic E-state index is -0.811. The SMILES string of the molecule is Cl.N[C@@H](CC(=O)O)C1CCOCC1. The van der Waals surface area contributed by atoms with Gasteiger partial charge in [0.1, 0.15) is 0 Å². The normalized spacial score (nSPS) is 20.4. The molecule has 0 aromatic heterocycles. The highest BCUT2D eigenvalue weighted by atomic mass is 35.5. The van der Waals surface area contributed by atoms with Gasteiger partial charge in [0.05, 0.1) is 6.42 Å². The molecule has 0 unspecified atom stereocenters. The molecule has 0 amide bonds. The molecule has 0 spiro atoms. The van der Waals surface area contributed by atoms with E-state index in [1.54, 1.807) is 0 Å². The van der Waals surface area contributed by atoms with Gasteiger partial charge in [-0.2, -0.15) is 0 Å². The molecule has 0 aromatic rings. The van der Waals surface area contributed by atoms with Crippen LogP contribution in [0.25, 0.3) is 0 Å². The smallest absolute Gasteiger partial charge is 0.304 e. The van der Waals surface area contributed by atoms with E-state index in [1.165, 1.54) is 0 Å². The van der Waals surface area contributed by atoms with Crippen LogP contribution < -0.4 is 5.73 Å². The van der Waals surface area contributed by atoms with Crippen LogP contribution >= 0.6 is 12.4 Å². The highest BCUT2D eigenvalue weighted by Crippen LogP contribution is 2.19. The van der Waals surface area contributed by atoms with Crippen LogP contribution in [0.3, 0.4) is 0 Å². The highest BCUT2D eigenvalue weighted by Gasteiger charge is 2.22. The number of hydrogen-bond acceptors (Lipinski definition) is 3. The fourth-order valence-electron chi connectivity index (χ4n) is 1.51. The number of halogens is 1. The second-order valence-electron chi connectivity index (χ2n) is 3.21. The second kappa shape index (κ2) is 6.18. The van der Waals surface area contributed by atoms with Crippen LogP contribution in [0.1, 0.15) is 19.3 Å². The Morgan fingerprint density at radius 3 is 2.54 bits per heavy atom. The summed E-state index contributed by atoms with van der Waals surface area (Å²) in [4.78, 5) is 10.3. The van der Waals surface area contributed by atoms with Crippen molar-refractivity contribution in [2.75, 3.05) is 13.2 Å². The van der Waals surface area contributed by atoms with E-state index in [9.17, 15) is 4.79 Å². The van der Waals surface area contributed by atoms with Crippen molar-refractivity contribution in [3.63, 3.8) is 0 Å². The number of nitrogens with two attached hydrogens (primary N) is 1. The molecule has 1 saturated heterocycles. The molecule has 0 radical (unpaired) electrons. The highest BCUT2D eigenvalue weighted by molar-refractivity contribution is 5.85. The summed E-state index contributed by atoms with van der Waals surface area (Å²) in [7, 11) is 0. The first-order valence-electron chi connectivity index (χ1n) is 4.25. The maximum Gasteiger partial charge on any atom is 0.304 e. The van der Waals surface area contributed by atoms with E-state index < -0.39 is 5.97 Å². The van der Waals surface area contributed by atoms with Crippen LogP contribution in [0.15, 0.2) is 0 Å². The van der Waals surface area contributed by atoms with Gasteiger partial charge >= 0.3 is 5.97 Å². The lowest BCUT2D eigenvalue weighted by atomic mass is 9.90. The molecule has 0 bridgehead atoms. The summed E-state index contributed by atoms with van der Waals surface area (Å²) >= 11 is 0. The molecular formula is C8H16ClNO3. The van der Waals surface area contributed by atoms with Crippen molar-refractivity contribution in [1.29, 1.82) is 0 Å². The average Bonchev–Trinajstić information content (AvgIpc) is 2.05. The molecule has 5 heteroatoms. The quantitative estimate of drug-likeness (QED) is 0.716. The van der Waals surface area contributed by atoms with Gasteiger partial charge in [-0.1, -0.05) is 0 Å². The van der Waals surface area contributed by atoms with Gasteiger partial charge in [-0.15, -0.1) is 12.4 Å². The third kappa shape index (κ3) is 4.45. The Labute approximate surface area is 83.9 Å². The van der Waals surface area contributed by atoms with Crippen molar-refractivity contribution in [3.8, 4) is 0 Å². The van der Waals surface area contributed by atoms with Gasteiger partial charge in [-0.25, -0.2) is 0 Å². The van der Waals surface area contributed by atoms with Gasteiger partial charge < -0.3 is 15.6 Å². The average molecular weight is 210 g/mol. The lowest BCUT2D eigenvalue weighted by Gasteiger charge is -2.26. The number of carbonyl (C=O) groups is 1. The molecule has 1 atom stereocenters. The second-order valence-corrected chi connectivity index (χ2v) is 3.21. The molecule has 0 saturated carbocycles. The van der Waals surface area contributed by atoms with E-state index >= 15 is 0 Å². The molecule has 1 heterocycles. The number of hydrogen-bond donors (Lipinski definition) is 2. The molecule has 4 nitrogen and oxygen atoms in total. The predicted molar refractivity (Wildman–Crippen MR) is 51.0 cm³/mol. The van der Waals surface area contributed by atoms with Crippen molar-refractivity contribution < 1.29 is 14.6 Å². The molecule has 1 aliphatic rings. The fourth-order valence-corrected chi connectivity index (χ4v) is 1.51. The summed E-state index contributed by atoms with van der Waals surface area (Å²) in [5, 5.41) is 8.50. The van der Waals surface area contributed by atoms with Gasteiger partial charge in [-0.05, 0) is 18.8 Å². The first kappa shape index (κ1) is 12.7. The van der Waals surface area contributed by atoms with E-state index in [1.807, 2.05) is 0 Å². The number of ether oxygens (including phenoxy) is 1. The molecule has 78 valence electrons. The Kier molecular flexibility index (Phi) is 6.03. The molecule has 1 aliphatic heterocycles. The molecular weight excluding hydrogens is 194 g/mol. The van der Waals surface area contributed by atoms with Gasteiger partial charge in [0.25, 0.3) is 0 Å². The third-order valence-corrected chi connectivity index (χ3v) is 2.28. The van der Waals surface area contributed by atoms with E-state index in [0.29, 0.717) is 5.92 Å². The molecule has 0 aliphatic carbocycles. The first-order chi connectivity index (χ1) is 5.70. The summed E-state index contributed by atoms with van der Waals surface area (Å²) in [5.41, 5.74) is 5.71. The Morgan fingerprint density at radius 2 is 2.08 bits per heavy atom. The maximum atomic E-state index is 10.3. The molecule has 3 N–H and O–H groups in total. The van der Waals surface area contributed by atoms with Crippen LogP contribution in [-0.4, -0.2) is 30.3 Å². The van der Waals surface area contributed by atoms with Gasteiger partial charge in [-0.3, -0.25) is 4.79 Å². The zero-order valence-electron chi connectivity index (χ0n) is 7.44. The molecule has 1 fully saturated rings. The monoisotopic (exact) mass is 209 g/mol. The zero-order valence-corrected chi connectivity index (χ0v) is 8.26. The van der Waals surface area contributed by atoms with Crippen molar-refractivity contribution >= 4 is 18.4 Å². The zero-order chi connectivity index (χ0) is 8.97. The van der Waals surface area contributed by atoms with Crippen LogP contribution in [0.5, 0.6) is 0 Å². The Balaban J connectivity index is 0.00000144. The Morgan fingerprint density at radius 1 is 1.54 bits per heavy atom. The number of carboxylic acids is 1. The summed E-state index contributed by atoms with van der Waals surface area (Å²) in [6.45, 7) is 1.44. The van der Waals surface area contributed by atoms with Crippen LogP contribution in [0.4, 0.5) is 0 Å². The Bertz CT molecular complexity index is 159. The van der Waals surface area contributed by atoms with Crippen LogP contribution in [0.2, 0.25) is 0 Å². The van der Waals surface area contributed by atoms with Crippen LogP contribution in [-0.2, 0) is 9.53 Å². The lowest BCUT2D eigenvalue weighted by Crippen LogP contribution is -2.36. The van der Waals surface area contributed by atoms with Crippen molar-refractivity contribution in [2.45, 2.75) is 25.3 Å². The maximum absolute atomic E-state index is 10.3. The number of rotatable bonds is 3. The predicted octanol–water partition coefficient (Wildman–Crippen LogP) is 0.637. The van der Waals surface area contributed by atoms with Gasteiger partial charge in [0, 0.05) is 19.3 Å². The van der Waals surface area contributed by atoms with E-state index in [4.69, 9.17) is 15.6 Å². The first-order valence-corrected chi connectivity index (χ1v) is 4.25. The number of aliphatic carboxylic acids is 1. The van der Waals surface area contributed by atoms with Crippen molar-refractivity contribution in [1.82, 2.24) is 0 Å². The largest absolute Gasteiger partial charge is 0.481 e. The molecule has 1 rings (SSSR count). The summed E-state index contributed by atoms with van der Waals surface area (Å²) in [6, 6.07) is -0.202. The molecule has 13 heavy (non-hydrogen) atoms. The topological polar surface area (TPSA) is 72.6 Å². The van der Waals surface area contributed by atoms with Crippen molar-refractivity contribution in [2.24, 2.45) is 11.7 Å². The van der Waals surface area contributed by atoms with E-state index in [0.717, 1.165) is 26.1 Å². The van der Waals surface area contributed by atoms with E-state index in [-0.39, 0.29) is 24.9 Å². The summed E-state index contributed by atoms with van der Waals surface area (Å²) in [5.74, 6) is -0.483. The minimum absolute atomic E-state index is 0. The Hall–Kier alpha value is -0.320. The van der Waals surface area contributed by atoms with Gasteiger partial charge in [0.2, 0.25) is 0 Å². The van der Waals surface area contributed by atoms with E-state index in [2.05, 4.69) is 0 Å². The summed E-state index contributed by atoms with van der Waals surface area (Å²) < 4.78 is 5.15. The molecule has 0 aromatic carbocycles. The standard InChI is InChI=1S/C8H15NO3.ClH/c9-7(5-8(10)11)6-1-3-12-4-2-6;/h6-7H,1-5,9H2,(H,10,11);1H/t7-;/m0./s1. The number of carboxylic acid groups (broad SMARTS) is 1. The third-order valence-electron chi connectivity index (χ3n) is 2.28. The van der Waals surface area contributed by atoms with Crippen molar-refractivity contribution in [3.05, 3.63) is 0 Å². The fraction of sp³-hybridized carbons (Fsp3) is 0.875. The van der Waals surface area contributed by atoms with Gasteiger partial charge in [0.15, 0.2) is 0 Å². The lowest BCUT2D eigenvalue weighted by molar-refractivity contribution is -0.137. The minimum Gasteiger partial charge on any atom is -0.481 e.